The number of hydrogen-bond donors (Lipinski definition) is 2. The van der Waals surface area contributed by atoms with Gasteiger partial charge in [-0.05, 0) is 25.1 Å². The Bertz CT molecular complexity index is 1130. The van der Waals surface area contributed by atoms with Crippen LogP contribution >= 0.6 is 0 Å². The number of hydrogen-bond acceptors (Lipinski definition) is 7. The van der Waals surface area contributed by atoms with Gasteiger partial charge in [0.05, 0.1) is 22.8 Å². The van der Waals surface area contributed by atoms with Crippen molar-refractivity contribution in [1.82, 2.24) is 0 Å². The molecule has 3 aromatic rings. The summed E-state index contributed by atoms with van der Waals surface area (Å²) in [7, 11) is 0. The van der Waals surface area contributed by atoms with E-state index in [2.05, 4.69) is 5.32 Å². The summed E-state index contributed by atoms with van der Waals surface area (Å²) in [6, 6.07) is 18.7. The lowest BCUT2D eigenvalue weighted by Crippen LogP contribution is -2.26. The van der Waals surface area contributed by atoms with Gasteiger partial charge >= 0.3 is 5.97 Å². The Balaban J connectivity index is 1.91. The summed E-state index contributed by atoms with van der Waals surface area (Å²) < 4.78 is 11.0. The first-order valence-electron chi connectivity index (χ1n) is 9.73. The van der Waals surface area contributed by atoms with E-state index in [1.165, 1.54) is 12.1 Å². The molecule has 164 valence electrons. The second-order valence-electron chi connectivity index (χ2n) is 6.64. The van der Waals surface area contributed by atoms with E-state index < -0.39 is 22.9 Å². The topological polar surface area (TPSA) is 134 Å². The quantitative estimate of drug-likeness (QED) is 0.235. The van der Waals surface area contributed by atoms with Gasteiger partial charge in [0, 0.05) is 23.4 Å². The summed E-state index contributed by atoms with van der Waals surface area (Å²) in [5.41, 5.74) is 6.11. The Labute approximate surface area is 183 Å². The van der Waals surface area contributed by atoms with Crippen molar-refractivity contribution in [2.75, 3.05) is 17.7 Å². The van der Waals surface area contributed by atoms with Crippen LogP contribution in [-0.4, -0.2) is 23.4 Å². The van der Waals surface area contributed by atoms with Crippen molar-refractivity contribution in [2.45, 2.75) is 13.0 Å². The van der Waals surface area contributed by atoms with E-state index in [4.69, 9.17) is 15.2 Å². The van der Waals surface area contributed by atoms with E-state index in [0.717, 1.165) is 6.07 Å². The van der Waals surface area contributed by atoms with E-state index in [9.17, 15) is 19.7 Å². The lowest BCUT2D eigenvalue weighted by atomic mass is 10.1. The number of benzene rings is 3. The number of carbonyl (C=O) groups excluding carboxylic acids is 2. The van der Waals surface area contributed by atoms with Gasteiger partial charge in [-0.2, -0.15) is 0 Å². The molecule has 9 nitrogen and oxygen atoms in total. The van der Waals surface area contributed by atoms with Gasteiger partial charge in [0.15, 0.2) is 0 Å². The third kappa shape index (κ3) is 5.20. The van der Waals surface area contributed by atoms with Crippen LogP contribution in [0.3, 0.4) is 0 Å². The summed E-state index contributed by atoms with van der Waals surface area (Å²) in [5, 5.41) is 13.8. The SMILES string of the molecule is CCOc1ccccc1NC(=O)C(OC(=O)c1cc([N+](=O)[O-])ccc1N)c1ccccc1. The van der Waals surface area contributed by atoms with Crippen molar-refractivity contribution in [3.05, 3.63) is 94.0 Å². The maximum atomic E-state index is 13.1. The molecule has 0 aliphatic carbocycles. The van der Waals surface area contributed by atoms with Gasteiger partial charge in [-0.3, -0.25) is 14.9 Å². The number of nitrogens with two attached hydrogens (primary N) is 1. The maximum Gasteiger partial charge on any atom is 0.341 e. The average molecular weight is 435 g/mol. The first-order valence-corrected chi connectivity index (χ1v) is 9.73. The number of rotatable bonds is 8. The number of nitrogens with zero attached hydrogens (tertiary/aromatic N) is 1. The summed E-state index contributed by atoms with van der Waals surface area (Å²) in [6.07, 6.45) is -1.34. The molecule has 1 unspecified atom stereocenters. The molecule has 0 spiro atoms. The van der Waals surface area contributed by atoms with Crippen LogP contribution in [-0.2, 0) is 9.53 Å². The fraction of sp³-hybridized carbons (Fsp3) is 0.130. The molecule has 9 heteroatoms. The van der Waals surface area contributed by atoms with Crippen LogP contribution in [0.15, 0.2) is 72.8 Å². The van der Waals surface area contributed by atoms with Crippen LogP contribution < -0.4 is 15.8 Å². The number of amides is 1. The zero-order valence-electron chi connectivity index (χ0n) is 17.2. The Kier molecular flexibility index (Phi) is 7.02. The molecule has 0 bridgehead atoms. The first kappa shape index (κ1) is 22.3. The third-order valence-electron chi connectivity index (χ3n) is 4.48. The lowest BCUT2D eigenvalue weighted by Gasteiger charge is -2.19. The molecule has 0 aromatic heterocycles. The lowest BCUT2D eigenvalue weighted by molar-refractivity contribution is -0.384. The molecule has 0 saturated carbocycles. The highest BCUT2D eigenvalue weighted by atomic mass is 16.6. The number of non-ortho nitro benzene ring substituents is 1. The van der Waals surface area contributed by atoms with Crippen molar-refractivity contribution < 1.29 is 24.0 Å². The van der Waals surface area contributed by atoms with Gasteiger partial charge < -0.3 is 20.5 Å². The van der Waals surface area contributed by atoms with Gasteiger partial charge in [0.2, 0.25) is 6.10 Å². The summed E-state index contributed by atoms with van der Waals surface area (Å²) in [6.45, 7) is 2.21. The van der Waals surface area contributed by atoms with Gasteiger partial charge in [0.25, 0.3) is 11.6 Å². The Morgan fingerprint density at radius 1 is 1.06 bits per heavy atom. The van der Waals surface area contributed by atoms with E-state index >= 15 is 0 Å². The number of para-hydroxylation sites is 2. The minimum atomic E-state index is -1.34. The normalized spacial score (nSPS) is 11.3. The number of nitrogen functional groups attached to an aromatic ring is 1. The van der Waals surface area contributed by atoms with Crippen molar-refractivity contribution in [1.29, 1.82) is 0 Å². The van der Waals surface area contributed by atoms with Crippen LogP contribution in [0.2, 0.25) is 0 Å². The van der Waals surface area contributed by atoms with Crippen molar-refractivity contribution >= 4 is 28.9 Å². The monoisotopic (exact) mass is 435 g/mol. The first-order chi connectivity index (χ1) is 15.4. The van der Waals surface area contributed by atoms with Gasteiger partial charge in [0.1, 0.15) is 5.75 Å². The van der Waals surface area contributed by atoms with Crippen molar-refractivity contribution in [2.24, 2.45) is 0 Å². The molecule has 0 saturated heterocycles. The summed E-state index contributed by atoms with van der Waals surface area (Å²) in [4.78, 5) is 36.3. The predicted octanol–water partition coefficient (Wildman–Crippen LogP) is 4.11. The Morgan fingerprint density at radius 3 is 2.44 bits per heavy atom. The minimum Gasteiger partial charge on any atom is -0.492 e. The number of nitro groups is 1. The van der Waals surface area contributed by atoms with Crippen LogP contribution in [0.5, 0.6) is 5.75 Å². The highest BCUT2D eigenvalue weighted by Gasteiger charge is 2.28. The zero-order valence-corrected chi connectivity index (χ0v) is 17.2. The largest absolute Gasteiger partial charge is 0.492 e. The standard InChI is InChI=1S/C23H21N3O6/c1-2-31-20-11-7-6-10-19(20)25-22(27)21(15-8-4-3-5-9-15)32-23(28)17-14-16(26(29)30)12-13-18(17)24/h3-14,21H,2,24H2,1H3,(H,25,27). The van der Waals surface area contributed by atoms with E-state index in [-0.39, 0.29) is 16.9 Å². The second kappa shape index (κ2) is 10.1. The van der Waals surface area contributed by atoms with Crippen LogP contribution in [0.25, 0.3) is 0 Å². The maximum absolute atomic E-state index is 13.1. The Morgan fingerprint density at radius 2 is 1.75 bits per heavy atom. The molecule has 0 aliphatic heterocycles. The zero-order chi connectivity index (χ0) is 23.1. The molecule has 1 atom stereocenters. The number of nitro benzene ring substituents is 1. The smallest absolute Gasteiger partial charge is 0.341 e. The third-order valence-corrected chi connectivity index (χ3v) is 4.48. The highest BCUT2D eigenvalue weighted by molar-refractivity contribution is 6.00. The number of anilines is 2. The second-order valence-corrected chi connectivity index (χ2v) is 6.64. The molecule has 1 amide bonds. The van der Waals surface area contributed by atoms with Gasteiger partial charge in [-0.25, -0.2) is 4.79 Å². The molecule has 0 heterocycles. The number of esters is 1. The molecule has 32 heavy (non-hydrogen) atoms. The van der Waals surface area contributed by atoms with Gasteiger partial charge in [-0.15, -0.1) is 0 Å². The molecule has 3 aromatic carbocycles. The van der Waals surface area contributed by atoms with Crippen molar-refractivity contribution in [3.8, 4) is 5.75 Å². The molecule has 0 aliphatic rings. The number of ether oxygens (including phenoxy) is 2. The van der Waals surface area contributed by atoms with Crippen LogP contribution in [0, 0.1) is 10.1 Å². The van der Waals surface area contributed by atoms with Gasteiger partial charge in [-0.1, -0.05) is 42.5 Å². The molecule has 0 radical (unpaired) electrons. The molecular formula is C23H21N3O6. The molecule has 0 fully saturated rings. The molecule has 3 rings (SSSR count). The molecule has 3 N–H and O–H groups in total. The van der Waals surface area contributed by atoms with E-state index in [0.29, 0.717) is 23.6 Å². The van der Waals surface area contributed by atoms with E-state index in [1.807, 2.05) is 6.92 Å². The van der Waals surface area contributed by atoms with Crippen molar-refractivity contribution in [3.63, 3.8) is 0 Å². The average Bonchev–Trinajstić information content (AvgIpc) is 2.79. The van der Waals surface area contributed by atoms with E-state index in [1.54, 1.807) is 54.6 Å². The minimum absolute atomic E-state index is 0.00508. The fourth-order valence-corrected chi connectivity index (χ4v) is 2.96. The van der Waals surface area contributed by atoms with Crippen LogP contribution in [0.4, 0.5) is 17.1 Å². The molecular weight excluding hydrogens is 414 g/mol. The summed E-state index contributed by atoms with van der Waals surface area (Å²) in [5.74, 6) is -1.13. The highest BCUT2D eigenvalue weighted by Crippen LogP contribution is 2.28. The summed E-state index contributed by atoms with van der Waals surface area (Å²) >= 11 is 0. The fourth-order valence-electron chi connectivity index (χ4n) is 2.96. The van der Waals surface area contributed by atoms with Crippen LogP contribution in [0.1, 0.15) is 28.9 Å². The Hall–Kier alpha value is -4.40. The number of nitrogens with one attached hydrogen (secondary N) is 1. The predicted molar refractivity (Wildman–Crippen MR) is 118 cm³/mol. The number of carbonyl (C=O) groups is 2.